The molecule has 1 aliphatic rings. The number of amides is 1. The van der Waals surface area contributed by atoms with Crippen molar-refractivity contribution >= 4 is 22.4 Å². The van der Waals surface area contributed by atoms with Crippen molar-refractivity contribution in [1.82, 2.24) is 14.9 Å². The lowest BCUT2D eigenvalue weighted by Crippen LogP contribution is -2.33. The summed E-state index contributed by atoms with van der Waals surface area (Å²) in [6.45, 7) is 8.73. The third-order valence-corrected chi connectivity index (χ3v) is 5.19. The molecule has 0 aromatic carbocycles. The zero-order valence-electron chi connectivity index (χ0n) is 14.5. The van der Waals surface area contributed by atoms with Crippen LogP contribution in [-0.2, 0) is 11.3 Å². The van der Waals surface area contributed by atoms with E-state index in [0.717, 1.165) is 31.0 Å². The van der Waals surface area contributed by atoms with Crippen LogP contribution in [0.4, 0.5) is 5.13 Å². The van der Waals surface area contributed by atoms with Crippen LogP contribution in [0.2, 0.25) is 0 Å². The third kappa shape index (κ3) is 4.39. The molecule has 5 nitrogen and oxygen atoms in total. The van der Waals surface area contributed by atoms with Crippen molar-refractivity contribution in [3.8, 4) is 0 Å². The van der Waals surface area contributed by atoms with Crippen molar-refractivity contribution < 1.29 is 4.79 Å². The number of anilines is 1. The Bertz CT molecular complexity index is 707. The molecule has 1 aliphatic heterocycles. The summed E-state index contributed by atoms with van der Waals surface area (Å²) in [5.74, 6) is 0.499. The number of pyridine rings is 1. The van der Waals surface area contributed by atoms with E-state index in [9.17, 15) is 4.79 Å². The second kappa shape index (κ2) is 7.40. The molecule has 0 bridgehead atoms. The summed E-state index contributed by atoms with van der Waals surface area (Å²) >= 11 is 1.56. The van der Waals surface area contributed by atoms with E-state index in [-0.39, 0.29) is 5.91 Å². The van der Waals surface area contributed by atoms with Gasteiger partial charge in [0, 0.05) is 42.5 Å². The number of aryl methyl sites for hydroxylation is 2. The predicted octanol–water partition coefficient (Wildman–Crippen LogP) is 3.49. The highest BCUT2D eigenvalue weighted by Crippen LogP contribution is 2.29. The van der Waals surface area contributed by atoms with Crippen LogP contribution in [-0.4, -0.2) is 33.9 Å². The molecule has 1 unspecified atom stereocenters. The fraction of sp³-hybridized carbons (Fsp3) is 0.500. The molecule has 1 saturated heterocycles. The molecule has 2 aromatic heterocycles. The number of nitrogens with zero attached hydrogens (tertiary/aromatic N) is 3. The molecule has 2 aromatic rings. The number of aromatic nitrogens is 2. The number of hydrogen-bond acceptors (Lipinski definition) is 5. The van der Waals surface area contributed by atoms with Crippen molar-refractivity contribution in [1.29, 1.82) is 0 Å². The van der Waals surface area contributed by atoms with Gasteiger partial charge in [0.2, 0.25) is 5.91 Å². The second-order valence-corrected chi connectivity index (χ2v) is 7.69. The average molecular weight is 344 g/mol. The van der Waals surface area contributed by atoms with E-state index < -0.39 is 0 Å². The number of hydrogen-bond donors (Lipinski definition) is 1. The quantitative estimate of drug-likeness (QED) is 0.922. The minimum Gasteiger partial charge on any atom is -0.302 e. The van der Waals surface area contributed by atoms with Crippen LogP contribution in [0, 0.1) is 13.8 Å². The number of rotatable bonds is 4. The van der Waals surface area contributed by atoms with Crippen LogP contribution in [0.25, 0.3) is 0 Å². The van der Waals surface area contributed by atoms with Crippen molar-refractivity contribution in [2.75, 3.05) is 18.4 Å². The van der Waals surface area contributed by atoms with Crippen molar-refractivity contribution in [3.05, 3.63) is 40.2 Å². The van der Waals surface area contributed by atoms with Gasteiger partial charge in [-0.2, -0.15) is 0 Å². The summed E-state index contributed by atoms with van der Waals surface area (Å²) in [4.78, 5) is 23.6. The SMILES string of the molecule is CC(=O)Nc1ncc(CN2CCCC(c3cc(C)nc(C)c3)C2)s1. The number of thiazole rings is 1. The van der Waals surface area contributed by atoms with Gasteiger partial charge in [-0.25, -0.2) is 4.98 Å². The summed E-state index contributed by atoms with van der Waals surface area (Å²) in [5.41, 5.74) is 3.61. The van der Waals surface area contributed by atoms with E-state index in [0.29, 0.717) is 11.0 Å². The third-order valence-electron chi connectivity index (χ3n) is 4.30. The van der Waals surface area contributed by atoms with Gasteiger partial charge in [-0.05, 0) is 56.8 Å². The highest BCUT2D eigenvalue weighted by Gasteiger charge is 2.22. The molecule has 1 N–H and O–H groups in total. The maximum atomic E-state index is 11.1. The van der Waals surface area contributed by atoms with Gasteiger partial charge in [0.05, 0.1) is 0 Å². The van der Waals surface area contributed by atoms with Gasteiger partial charge in [0.25, 0.3) is 0 Å². The molecule has 3 rings (SSSR count). The molecule has 0 aliphatic carbocycles. The van der Waals surface area contributed by atoms with E-state index in [1.54, 1.807) is 11.3 Å². The van der Waals surface area contributed by atoms with Gasteiger partial charge in [0.15, 0.2) is 5.13 Å². The summed E-state index contributed by atoms with van der Waals surface area (Å²) < 4.78 is 0. The number of carbonyl (C=O) groups excluding carboxylic acids is 1. The summed E-state index contributed by atoms with van der Waals surface area (Å²) in [6, 6.07) is 4.45. The Labute approximate surface area is 147 Å². The van der Waals surface area contributed by atoms with Crippen molar-refractivity contribution in [2.24, 2.45) is 0 Å². The number of likely N-dealkylation sites (tertiary alicyclic amines) is 1. The molecule has 128 valence electrons. The molecule has 24 heavy (non-hydrogen) atoms. The molecule has 0 radical (unpaired) electrons. The minimum atomic E-state index is -0.0719. The van der Waals surface area contributed by atoms with E-state index in [4.69, 9.17) is 0 Å². The fourth-order valence-electron chi connectivity index (χ4n) is 3.38. The number of piperidine rings is 1. The summed E-state index contributed by atoms with van der Waals surface area (Å²) in [6.07, 6.45) is 4.32. The Morgan fingerprint density at radius 1 is 1.38 bits per heavy atom. The van der Waals surface area contributed by atoms with Crippen LogP contribution >= 0.6 is 11.3 Å². The van der Waals surface area contributed by atoms with Gasteiger partial charge < -0.3 is 5.32 Å². The first-order valence-corrected chi connectivity index (χ1v) is 9.21. The Kier molecular flexibility index (Phi) is 5.26. The predicted molar refractivity (Wildman–Crippen MR) is 97.4 cm³/mol. The van der Waals surface area contributed by atoms with E-state index in [2.05, 4.69) is 46.2 Å². The zero-order valence-corrected chi connectivity index (χ0v) is 15.3. The van der Waals surface area contributed by atoms with Gasteiger partial charge in [-0.3, -0.25) is 14.7 Å². The Balaban J connectivity index is 1.65. The van der Waals surface area contributed by atoms with Gasteiger partial charge in [-0.1, -0.05) is 0 Å². The zero-order chi connectivity index (χ0) is 17.1. The maximum absolute atomic E-state index is 11.1. The van der Waals surface area contributed by atoms with Crippen LogP contribution in [0.3, 0.4) is 0 Å². The first kappa shape index (κ1) is 17.0. The minimum absolute atomic E-state index is 0.0719. The van der Waals surface area contributed by atoms with E-state index in [1.807, 2.05) is 6.20 Å². The van der Waals surface area contributed by atoms with Crippen LogP contribution < -0.4 is 5.32 Å². The first-order valence-electron chi connectivity index (χ1n) is 8.39. The van der Waals surface area contributed by atoms with Crippen molar-refractivity contribution in [3.63, 3.8) is 0 Å². The lowest BCUT2D eigenvalue weighted by Gasteiger charge is -2.32. The van der Waals surface area contributed by atoms with Crippen molar-refractivity contribution in [2.45, 2.75) is 46.1 Å². The van der Waals surface area contributed by atoms with Crippen LogP contribution in [0.5, 0.6) is 0 Å². The summed E-state index contributed by atoms with van der Waals surface area (Å²) in [7, 11) is 0. The topological polar surface area (TPSA) is 58.1 Å². The van der Waals surface area contributed by atoms with Gasteiger partial charge in [0.1, 0.15) is 0 Å². The molecule has 1 atom stereocenters. The maximum Gasteiger partial charge on any atom is 0.223 e. The molecule has 3 heterocycles. The Morgan fingerprint density at radius 3 is 2.83 bits per heavy atom. The fourth-order valence-corrected chi connectivity index (χ4v) is 4.28. The first-order chi connectivity index (χ1) is 11.5. The lowest BCUT2D eigenvalue weighted by atomic mass is 9.90. The van der Waals surface area contributed by atoms with Gasteiger partial charge >= 0.3 is 0 Å². The molecule has 6 heteroatoms. The summed E-state index contributed by atoms with van der Waals surface area (Å²) in [5, 5.41) is 3.44. The number of nitrogens with one attached hydrogen (secondary N) is 1. The monoisotopic (exact) mass is 344 g/mol. The highest BCUT2D eigenvalue weighted by atomic mass is 32.1. The molecular weight excluding hydrogens is 320 g/mol. The van der Waals surface area contributed by atoms with E-state index in [1.165, 1.54) is 30.2 Å². The molecule has 1 fully saturated rings. The largest absolute Gasteiger partial charge is 0.302 e. The second-order valence-electron chi connectivity index (χ2n) is 6.57. The van der Waals surface area contributed by atoms with Crippen LogP contribution in [0.15, 0.2) is 18.3 Å². The lowest BCUT2D eigenvalue weighted by molar-refractivity contribution is -0.114. The number of carbonyl (C=O) groups is 1. The highest BCUT2D eigenvalue weighted by molar-refractivity contribution is 7.15. The molecule has 0 spiro atoms. The Morgan fingerprint density at radius 2 is 2.12 bits per heavy atom. The standard InChI is InChI=1S/C18H24N4OS/c1-12-7-16(8-13(2)20-12)15-5-4-6-22(10-15)11-17-9-19-18(24-17)21-14(3)23/h7-9,15H,4-6,10-11H2,1-3H3,(H,19,21,23). The average Bonchev–Trinajstić information content (AvgIpc) is 2.92. The Hall–Kier alpha value is -1.79. The van der Waals surface area contributed by atoms with E-state index >= 15 is 0 Å². The normalized spacial score (nSPS) is 18.5. The molecular formula is C18H24N4OS. The molecule has 0 saturated carbocycles. The molecule has 1 amide bonds. The van der Waals surface area contributed by atoms with Gasteiger partial charge in [-0.15, -0.1) is 11.3 Å². The smallest absolute Gasteiger partial charge is 0.223 e. The van der Waals surface area contributed by atoms with Crippen LogP contribution in [0.1, 0.15) is 47.5 Å².